The molecule has 1 unspecified atom stereocenters. The van der Waals surface area contributed by atoms with Crippen molar-refractivity contribution < 1.29 is 0 Å². The van der Waals surface area contributed by atoms with E-state index in [2.05, 4.69) is 61.5 Å². The van der Waals surface area contributed by atoms with Crippen LogP contribution in [0.1, 0.15) is 18.3 Å². The van der Waals surface area contributed by atoms with Gasteiger partial charge in [0.25, 0.3) is 0 Å². The maximum atomic E-state index is 4.51. The van der Waals surface area contributed by atoms with E-state index in [4.69, 9.17) is 0 Å². The Balaban J connectivity index is 1.85. The minimum atomic E-state index is 0.765. The van der Waals surface area contributed by atoms with Crippen molar-refractivity contribution in [3.8, 4) is 0 Å². The second-order valence-corrected chi connectivity index (χ2v) is 7.71. The molecule has 1 N–H and O–H groups in total. The van der Waals surface area contributed by atoms with Crippen LogP contribution in [0, 0.1) is 6.92 Å². The molecule has 1 aliphatic rings. The van der Waals surface area contributed by atoms with Gasteiger partial charge >= 0.3 is 0 Å². The Kier molecular flexibility index (Phi) is 5.92. The second kappa shape index (κ2) is 7.22. The van der Waals surface area contributed by atoms with Crippen molar-refractivity contribution >= 4 is 39.5 Å². The van der Waals surface area contributed by atoms with Crippen LogP contribution in [0.15, 0.2) is 4.47 Å². The fraction of sp³-hybridized carbons (Fsp3) is 0.750. The van der Waals surface area contributed by atoms with E-state index in [0.717, 1.165) is 35.1 Å². The minimum Gasteiger partial charge on any atom is -0.310 e. The molecule has 1 aromatic rings. The lowest BCUT2D eigenvalue weighted by atomic mass is 10.3. The van der Waals surface area contributed by atoms with Gasteiger partial charge in [-0.2, -0.15) is 28.6 Å². The summed E-state index contributed by atoms with van der Waals surface area (Å²) in [5.41, 5.74) is 2.35. The molecule has 1 aliphatic heterocycles. The first-order chi connectivity index (χ1) is 8.72. The molecule has 2 heterocycles. The molecule has 6 heteroatoms. The normalized spacial score (nSPS) is 20.3. The first kappa shape index (κ1) is 14.8. The minimum absolute atomic E-state index is 0.765. The average molecular weight is 350 g/mol. The molecule has 1 atom stereocenters. The maximum absolute atomic E-state index is 4.51. The van der Waals surface area contributed by atoms with E-state index in [9.17, 15) is 0 Å². The van der Waals surface area contributed by atoms with E-state index in [1.807, 2.05) is 6.92 Å². The van der Waals surface area contributed by atoms with Crippen LogP contribution in [0.2, 0.25) is 0 Å². The van der Waals surface area contributed by atoms with E-state index in [1.165, 1.54) is 23.0 Å². The third-order valence-electron chi connectivity index (χ3n) is 3.00. The average Bonchev–Trinajstić information content (AvgIpc) is 2.67. The first-order valence-corrected chi connectivity index (χ1v) is 9.33. The van der Waals surface area contributed by atoms with Gasteiger partial charge in [-0.05, 0) is 29.8 Å². The lowest BCUT2D eigenvalue weighted by Gasteiger charge is -2.21. The Morgan fingerprint density at radius 1 is 1.50 bits per heavy atom. The molecule has 1 aromatic heterocycles. The molecule has 1 fully saturated rings. The molecule has 0 aromatic carbocycles. The van der Waals surface area contributed by atoms with Crippen molar-refractivity contribution in [2.24, 2.45) is 0 Å². The fourth-order valence-electron chi connectivity index (χ4n) is 2.04. The second-order valence-electron chi connectivity index (χ2n) is 4.36. The molecule has 0 aliphatic carbocycles. The lowest BCUT2D eigenvalue weighted by molar-refractivity contribution is 0.579. The Labute approximate surface area is 126 Å². The first-order valence-electron chi connectivity index (χ1n) is 6.34. The van der Waals surface area contributed by atoms with Crippen LogP contribution >= 0.6 is 39.5 Å². The molecule has 0 bridgehead atoms. The van der Waals surface area contributed by atoms with E-state index >= 15 is 0 Å². The molecule has 0 saturated carbocycles. The topological polar surface area (TPSA) is 29.9 Å². The molecule has 102 valence electrons. The predicted octanol–water partition coefficient (Wildman–Crippen LogP) is 2.91. The van der Waals surface area contributed by atoms with Crippen molar-refractivity contribution in [1.82, 2.24) is 15.1 Å². The van der Waals surface area contributed by atoms with Gasteiger partial charge in [-0.1, -0.05) is 0 Å². The summed E-state index contributed by atoms with van der Waals surface area (Å²) in [6.07, 6.45) is 0. The van der Waals surface area contributed by atoms with E-state index in [-0.39, 0.29) is 0 Å². The van der Waals surface area contributed by atoms with Gasteiger partial charge in [0, 0.05) is 42.1 Å². The molecule has 3 nitrogen and oxygen atoms in total. The van der Waals surface area contributed by atoms with Crippen LogP contribution in [0.4, 0.5) is 0 Å². The van der Waals surface area contributed by atoms with Crippen molar-refractivity contribution in [2.45, 2.75) is 32.2 Å². The summed E-state index contributed by atoms with van der Waals surface area (Å²) in [6.45, 7) is 7.11. The van der Waals surface area contributed by atoms with Crippen LogP contribution in [0.25, 0.3) is 0 Å². The number of hydrogen-bond acceptors (Lipinski definition) is 4. The SMILES string of the molecule is CCn1nc(C)c(Br)c1CNCC1CSCCS1. The third-order valence-corrected chi connectivity index (χ3v) is 6.88. The highest BCUT2D eigenvalue weighted by Crippen LogP contribution is 2.24. The van der Waals surface area contributed by atoms with Crippen LogP contribution in [-0.4, -0.2) is 38.8 Å². The quantitative estimate of drug-likeness (QED) is 0.884. The molecule has 2 rings (SSSR count). The molecule has 1 saturated heterocycles. The summed E-state index contributed by atoms with van der Waals surface area (Å²) in [4.78, 5) is 0. The van der Waals surface area contributed by atoms with E-state index < -0.39 is 0 Å². The number of aromatic nitrogens is 2. The number of hydrogen-bond donors (Lipinski definition) is 1. The number of aryl methyl sites for hydroxylation is 2. The Bertz CT molecular complexity index is 389. The standard InChI is InChI=1S/C12H20BrN3S2/c1-3-16-11(12(13)9(2)15-16)7-14-6-10-8-17-4-5-18-10/h10,14H,3-8H2,1-2H3. The molecule has 0 spiro atoms. The number of rotatable bonds is 5. The highest BCUT2D eigenvalue weighted by Gasteiger charge is 2.15. The van der Waals surface area contributed by atoms with Crippen LogP contribution in [0.5, 0.6) is 0 Å². The zero-order chi connectivity index (χ0) is 13.0. The smallest absolute Gasteiger partial charge is 0.0739 e. The summed E-state index contributed by atoms with van der Waals surface area (Å²) in [5.74, 6) is 3.89. The number of nitrogens with one attached hydrogen (secondary N) is 1. The monoisotopic (exact) mass is 349 g/mol. The number of halogens is 1. The summed E-state index contributed by atoms with van der Waals surface area (Å²) in [5, 5.41) is 8.86. The van der Waals surface area contributed by atoms with Gasteiger partial charge in [-0.25, -0.2) is 0 Å². The zero-order valence-corrected chi connectivity index (χ0v) is 14.1. The molecule has 18 heavy (non-hydrogen) atoms. The van der Waals surface area contributed by atoms with Crippen molar-refractivity contribution in [3.63, 3.8) is 0 Å². The molecular weight excluding hydrogens is 330 g/mol. The Morgan fingerprint density at radius 3 is 3.00 bits per heavy atom. The van der Waals surface area contributed by atoms with Gasteiger partial charge in [-0.3, -0.25) is 4.68 Å². The molecule has 0 amide bonds. The van der Waals surface area contributed by atoms with E-state index in [0.29, 0.717) is 0 Å². The van der Waals surface area contributed by atoms with E-state index in [1.54, 1.807) is 0 Å². The lowest BCUT2D eigenvalue weighted by Crippen LogP contribution is -2.29. The Hall–Kier alpha value is 0.350. The Morgan fingerprint density at radius 2 is 2.33 bits per heavy atom. The van der Waals surface area contributed by atoms with Crippen LogP contribution in [0.3, 0.4) is 0 Å². The summed E-state index contributed by atoms with van der Waals surface area (Å²) >= 11 is 7.81. The van der Waals surface area contributed by atoms with Crippen molar-refractivity contribution in [2.75, 3.05) is 23.8 Å². The maximum Gasteiger partial charge on any atom is 0.0739 e. The number of nitrogens with zero attached hydrogens (tertiary/aromatic N) is 2. The van der Waals surface area contributed by atoms with Crippen molar-refractivity contribution in [3.05, 3.63) is 15.9 Å². The van der Waals surface area contributed by atoms with Gasteiger partial charge in [0.15, 0.2) is 0 Å². The third kappa shape index (κ3) is 3.68. The molecule has 0 radical (unpaired) electrons. The van der Waals surface area contributed by atoms with Crippen molar-refractivity contribution in [1.29, 1.82) is 0 Å². The largest absolute Gasteiger partial charge is 0.310 e. The van der Waals surface area contributed by atoms with Gasteiger partial charge in [0.05, 0.1) is 15.9 Å². The molecular formula is C12H20BrN3S2. The fourth-order valence-corrected chi connectivity index (χ4v) is 5.11. The highest BCUT2D eigenvalue weighted by atomic mass is 79.9. The van der Waals surface area contributed by atoms with Gasteiger partial charge in [-0.15, -0.1) is 0 Å². The summed E-state index contributed by atoms with van der Waals surface area (Å²) in [7, 11) is 0. The van der Waals surface area contributed by atoms with Crippen LogP contribution in [-0.2, 0) is 13.1 Å². The van der Waals surface area contributed by atoms with Gasteiger partial charge < -0.3 is 5.32 Å². The van der Waals surface area contributed by atoms with Crippen LogP contribution < -0.4 is 5.32 Å². The zero-order valence-electron chi connectivity index (χ0n) is 10.9. The summed E-state index contributed by atoms with van der Waals surface area (Å²) in [6, 6.07) is 0. The predicted molar refractivity (Wildman–Crippen MR) is 85.6 cm³/mol. The highest BCUT2D eigenvalue weighted by molar-refractivity contribution is 9.10. The summed E-state index contributed by atoms with van der Waals surface area (Å²) < 4.78 is 3.23. The van der Waals surface area contributed by atoms with Gasteiger partial charge in [0.1, 0.15) is 0 Å². The van der Waals surface area contributed by atoms with Gasteiger partial charge in [0.2, 0.25) is 0 Å². The number of thioether (sulfide) groups is 2.